The fourth-order valence-electron chi connectivity index (χ4n) is 2.68. The Bertz CT molecular complexity index is 914. The average molecular weight is 391 g/mol. The zero-order chi connectivity index (χ0) is 19.2. The molecular formula is C18H23ClN6O2. The van der Waals surface area contributed by atoms with E-state index < -0.39 is 0 Å². The van der Waals surface area contributed by atoms with Crippen molar-refractivity contribution in [1.29, 1.82) is 0 Å². The summed E-state index contributed by atoms with van der Waals surface area (Å²) in [4.78, 5) is 13.1. The second-order valence-electron chi connectivity index (χ2n) is 5.89. The summed E-state index contributed by atoms with van der Waals surface area (Å²) in [6.45, 7) is 8.58. The van der Waals surface area contributed by atoms with Crippen LogP contribution in [0.3, 0.4) is 0 Å². The number of fused-ring (bicyclic) bond motifs is 1. The molecule has 3 rings (SSSR count). The van der Waals surface area contributed by atoms with Crippen LogP contribution in [0.15, 0.2) is 18.3 Å². The summed E-state index contributed by atoms with van der Waals surface area (Å²) in [6.07, 6.45) is 1.74. The molecule has 3 aromatic heterocycles. The molecule has 0 aliphatic carbocycles. The molecule has 0 bridgehead atoms. The number of ether oxygens (including phenoxy) is 2. The van der Waals surface area contributed by atoms with Gasteiger partial charge in [0.05, 0.1) is 19.8 Å². The number of nitrogens with zero attached hydrogens (tertiary/aromatic N) is 5. The van der Waals surface area contributed by atoms with Crippen molar-refractivity contribution in [2.45, 2.75) is 33.9 Å². The number of rotatable bonds is 9. The first-order valence-corrected chi connectivity index (χ1v) is 9.28. The fourth-order valence-corrected chi connectivity index (χ4v) is 2.85. The minimum atomic E-state index is 0.139. The van der Waals surface area contributed by atoms with Crippen LogP contribution < -0.4 is 5.32 Å². The first-order valence-electron chi connectivity index (χ1n) is 8.90. The summed E-state index contributed by atoms with van der Waals surface area (Å²) in [5.41, 5.74) is 3.21. The van der Waals surface area contributed by atoms with E-state index in [1.807, 2.05) is 37.6 Å². The van der Waals surface area contributed by atoms with Gasteiger partial charge in [0.2, 0.25) is 5.28 Å². The molecule has 0 radical (unpaired) electrons. The number of nitrogens with one attached hydrogen (secondary N) is 1. The van der Waals surface area contributed by atoms with Crippen molar-refractivity contribution in [3.05, 3.63) is 34.9 Å². The van der Waals surface area contributed by atoms with Gasteiger partial charge in [-0.25, -0.2) is 9.97 Å². The van der Waals surface area contributed by atoms with Gasteiger partial charge in [0.1, 0.15) is 22.5 Å². The normalized spacial score (nSPS) is 11.3. The van der Waals surface area contributed by atoms with Gasteiger partial charge in [-0.3, -0.25) is 4.68 Å². The quantitative estimate of drug-likeness (QED) is 0.442. The Kier molecular flexibility index (Phi) is 6.54. The van der Waals surface area contributed by atoms with Gasteiger partial charge in [0.15, 0.2) is 5.82 Å². The molecule has 3 aromatic rings. The molecule has 9 heteroatoms. The van der Waals surface area contributed by atoms with Crippen molar-refractivity contribution in [2.75, 3.05) is 25.1 Å². The Morgan fingerprint density at radius 1 is 1.19 bits per heavy atom. The molecule has 27 heavy (non-hydrogen) atoms. The summed E-state index contributed by atoms with van der Waals surface area (Å²) >= 11 is 6.18. The van der Waals surface area contributed by atoms with Crippen molar-refractivity contribution < 1.29 is 9.47 Å². The lowest BCUT2D eigenvalue weighted by atomic mass is 10.3. The van der Waals surface area contributed by atoms with Crippen molar-refractivity contribution in [1.82, 2.24) is 24.7 Å². The summed E-state index contributed by atoms with van der Waals surface area (Å²) < 4.78 is 12.8. The second-order valence-corrected chi connectivity index (χ2v) is 6.22. The predicted octanol–water partition coefficient (Wildman–Crippen LogP) is 3.50. The Balaban J connectivity index is 2.06. The van der Waals surface area contributed by atoms with E-state index in [9.17, 15) is 0 Å². The highest BCUT2D eigenvalue weighted by molar-refractivity contribution is 6.28. The van der Waals surface area contributed by atoms with Gasteiger partial charge in [-0.15, -0.1) is 0 Å². The standard InChI is InChI=1S/C18H23ClN6O2/c1-4-26-9-8-25-16-15(13(24-25)11-27-5-2)22-18(19)23-17(16)21-14-10-12(3)6-7-20-14/h6-7,10H,4-5,8-9,11H2,1-3H3,(H,20,21,22,23). The van der Waals surface area contributed by atoms with Crippen LogP contribution in [0.4, 0.5) is 11.6 Å². The van der Waals surface area contributed by atoms with Gasteiger partial charge in [0.25, 0.3) is 0 Å². The Labute approximate surface area is 162 Å². The minimum absolute atomic E-state index is 0.139. The molecule has 8 nitrogen and oxygen atoms in total. The van der Waals surface area contributed by atoms with Crippen molar-refractivity contribution in [3.63, 3.8) is 0 Å². The molecular weight excluding hydrogens is 368 g/mol. The molecule has 0 saturated carbocycles. The number of halogens is 1. The van der Waals surface area contributed by atoms with Crippen LogP contribution in [0, 0.1) is 6.92 Å². The molecule has 0 aliphatic rings. The SMILES string of the molecule is CCOCCn1nc(COCC)c2nc(Cl)nc(Nc3cc(C)ccn3)c21. The number of hydrogen-bond acceptors (Lipinski definition) is 7. The Morgan fingerprint density at radius 2 is 2.00 bits per heavy atom. The van der Waals surface area contributed by atoms with Gasteiger partial charge in [-0.05, 0) is 50.1 Å². The predicted molar refractivity (Wildman–Crippen MR) is 104 cm³/mol. The van der Waals surface area contributed by atoms with Crippen LogP contribution in [-0.2, 0) is 22.6 Å². The van der Waals surface area contributed by atoms with E-state index >= 15 is 0 Å². The highest BCUT2D eigenvalue weighted by Gasteiger charge is 2.19. The fraction of sp³-hybridized carbons (Fsp3) is 0.444. The molecule has 0 atom stereocenters. The number of aryl methyl sites for hydroxylation is 1. The molecule has 0 spiro atoms. The molecule has 0 amide bonds. The molecule has 0 aromatic carbocycles. The second kappa shape index (κ2) is 9.07. The van der Waals surface area contributed by atoms with Gasteiger partial charge in [0, 0.05) is 19.4 Å². The molecule has 0 saturated heterocycles. The smallest absolute Gasteiger partial charge is 0.225 e. The summed E-state index contributed by atoms with van der Waals surface area (Å²) in [7, 11) is 0. The third-order valence-electron chi connectivity index (χ3n) is 3.89. The summed E-state index contributed by atoms with van der Waals surface area (Å²) in [5.74, 6) is 1.23. The summed E-state index contributed by atoms with van der Waals surface area (Å²) in [6, 6.07) is 3.87. The van der Waals surface area contributed by atoms with Gasteiger partial charge >= 0.3 is 0 Å². The Hall–Kier alpha value is -2.29. The van der Waals surface area contributed by atoms with Crippen LogP contribution in [0.1, 0.15) is 25.1 Å². The molecule has 1 N–H and O–H groups in total. The molecule has 144 valence electrons. The number of hydrogen-bond donors (Lipinski definition) is 1. The number of anilines is 2. The van der Waals surface area contributed by atoms with Gasteiger partial charge < -0.3 is 14.8 Å². The lowest BCUT2D eigenvalue weighted by Crippen LogP contribution is -2.09. The van der Waals surface area contributed by atoms with E-state index in [4.69, 9.17) is 21.1 Å². The van der Waals surface area contributed by atoms with E-state index in [-0.39, 0.29) is 5.28 Å². The zero-order valence-corrected chi connectivity index (χ0v) is 16.5. The lowest BCUT2D eigenvalue weighted by Gasteiger charge is -2.10. The zero-order valence-electron chi connectivity index (χ0n) is 15.7. The van der Waals surface area contributed by atoms with E-state index in [1.54, 1.807) is 6.20 Å². The largest absolute Gasteiger partial charge is 0.380 e. The van der Waals surface area contributed by atoms with E-state index in [0.29, 0.717) is 55.8 Å². The van der Waals surface area contributed by atoms with Crippen molar-refractivity contribution in [2.24, 2.45) is 0 Å². The van der Waals surface area contributed by atoms with Crippen LogP contribution in [0.2, 0.25) is 5.28 Å². The van der Waals surface area contributed by atoms with Crippen molar-refractivity contribution in [3.8, 4) is 0 Å². The number of pyridine rings is 1. The van der Waals surface area contributed by atoms with Crippen LogP contribution in [-0.4, -0.2) is 44.6 Å². The average Bonchev–Trinajstić information content (AvgIpc) is 2.98. The minimum Gasteiger partial charge on any atom is -0.380 e. The molecule has 0 fully saturated rings. The third-order valence-corrected chi connectivity index (χ3v) is 4.06. The first kappa shape index (κ1) is 19.5. The highest BCUT2D eigenvalue weighted by Crippen LogP contribution is 2.27. The van der Waals surface area contributed by atoms with Gasteiger partial charge in [-0.1, -0.05) is 0 Å². The highest BCUT2D eigenvalue weighted by atomic mass is 35.5. The topological polar surface area (TPSA) is 87.0 Å². The molecule has 0 unspecified atom stereocenters. The maximum atomic E-state index is 6.18. The molecule has 0 aliphatic heterocycles. The van der Waals surface area contributed by atoms with Gasteiger partial charge in [-0.2, -0.15) is 10.1 Å². The first-order chi connectivity index (χ1) is 13.1. The van der Waals surface area contributed by atoms with E-state index in [0.717, 1.165) is 11.1 Å². The van der Waals surface area contributed by atoms with E-state index in [1.165, 1.54) is 0 Å². The Morgan fingerprint density at radius 3 is 2.74 bits per heavy atom. The van der Waals surface area contributed by atoms with Crippen molar-refractivity contribution >= 4 is 34.3 Å². The molecule has 3 heterocycles. The monoisotopic (exact) mass is 390 g/mol. The summed E-state index contributed by atoms with van der Waals surface area (Å²) in [5, 5.41) is 8.03. The maximum Gasteiger partial charge on any atom is 0.225 e. The van der Waals surface area contributed by atoms with Crippen LogP contribution >= 0.6 is 11.6 Å². The maximum absolute atomic E-state index is 6.18. The third kappa shape index (κ3) is 4.71. The van der Waals surface area contributed by atoms with E-state index in [2.05, 4.69) is 25.4 Å². The number of aromatic nitrogens is 5. The van der Waals surface area contributed by atoms with Crippen LogP contribution in [0.25, 0.3) is 11.0 Å². The van der Waals surface area contributed by atoms with Crippen LogP contribution in [0.5, 0.6) is 0 Å². The lowest BCUT2D eigenvalue weighted by molar-refractivity contribution is 0.128.